The Morgan fingerprint density at radius 3 is 2.21 bits per heavy atom. The van der Waals surface area contributed by atoms with Gasteiger partial charge in [0.05, 0.1) is 6.61 Å². The van der Waals surface area contributed by atoms with Crippen LogP contribution >= 0.6 is 12.4 Å². The molecule has 0 radical (unpaired) electrons. The second-order valence-corrected chi connectivity index (χ2v) is 5.82. The molecule has 0 aliphatic heterocycles. The van der Waals surface area contributed by atoms with Crippen molar-refractivity contribution in [2.45, 2.75) is 33.1 Å². The Balaban J connectivity index is 0.00000288. The van der Waals surface area contributed by atoms with Crippen molar-refractivity contribution in [2.75, 3.05) is 26.2 Å². The molecule has 0 aliphatic carbocycles. The number of hydrogen-bond donors (Lipinski definition) is 0. The predicted molar refractivity (Wildman–Crippen MR) is 105 cm³/mol. The van der Waals surface area contributed by atoms with Gasteiger partial charge < -0.3 is 9.64 Å². The fourth-order valence-corrected chi connectivity index (χ4v) is 2.78. The lowest BCUT2D eigenvalue weighted by Gasteiger charge is -2.18. The topological polar surface area (TPSA) is 12.5 Å². The minimum Gasteiger partial charge on any atom is -0.493 e. The van der Waals surface area contributed by atoms with Crippen LogP contribution < -0.4 is 4.74 Å². The Kier molecular flexibility index (Phi) is 10.2. The Morgan fingerprint density at radius 2 is 1.50 bits per heavy atom. The van der Waals surface area contributed by atoms with Crippen LogP contribution in [0.2, 0.25) is 0 Å². The molecule has 0 spiro atoms. The molecule has 0 unspecified atom stereocenters. The van der Waals surface area contributed by atoms with Crippen molar-refractivity contribution in [1.82, 2.24) is 4.90 Å². The second kappa shape index (κ2) is 11.9. The van der Waals surface area contributed by atoms with E-state index in [2.05, 4.69) is 73.3 Å². The molecular weight excluding hydrogens is 318 g/mol. The van der Waals surface area contributed by atoms with Crippen LogP contribution in [0, 0.1) is 0 Å². The van der Waals surface area contributed by atoms with E-state index in [1.54, 1.807) is 0 Å². The highest BCUT2D eigenvalue weighted by molar-refractivity contribution is 5.85. The van der Waals surface area contributed by atoms with Crippen LogP contribution in [0.1, 0.15) is 31.4 Å². The van der Waals surface area contributed by atoms with E-state index in [1.165, 1.54) is 11.1 Å². The first-order valence-corrected chi connectivity index (χ1v) is 8.80. The minimum absolute atomic E-state index is 0. The lowest BCUT2D eigenvalue weighted by molar-refractivity contribution is 0.248. The summed E-state index contributed by atoms with van der Waals surface area (Å²) in [5.74, 6) is 1.04. The molecule has 3 heteroatoms. The third-order valence-electron chi connectivity index (χ3n) is 4.27. The normalized spacial score (nSPS) is 10.5. The van der Waals surface area contributed by atoms with Gasteiger partial charge >= 0.3 is 0 Å². The highest BCUT2D eigenvalue weighted by Crippen LogP contribution is 2.20. The highest BCUT2D eigenvalue weighted by atomic mass is 35.5. The molecule has 24 heavy (non-hydrogen) atoms. The molecule has 0 amide bonds. The third-order valence-corrected chi connectivity index (χ3v) is 4.27. The van der Waals surface area contributed by atoms with Crippen LogP contribution in [0.25, 0.3) is 0 Å². The van der Waals surface area contributed by atoms with Gasteiger partial charge in [-0.15, -0.1) is 12.4 Å². The summed E-state index contributed by atoms with van der Waals surface area (Å²) in [4.78, 5) is 2.44. The van der Waals surface area contributed by atoms with Crippen LogP contribution in [-0.2, 0) is 12.8 Å². The zero-order valence-electron chi connectivity index (χ0n) is 14.9. The summed E-state index contributed by atoms with van der Waals surface area (Å²) in [5, 5.41) is 0. The summed E-state index contributed by atoms with van der Waals surface area (Å²) in [6.45, 7) is 8.55. The standard InChI is InChI=1S/C21H29NO.ClH/c1-3-22(4-2)17-10-18-23-21-14-9-8-13-20(21)16-15-19-11-6-5-7-12-19;/h5-9,11-14H,3-4,10,15-18H2,1-2H3;1H. The lowest BCUT2D eigenvalue weighted by atomic mass is 10.0. The zero-order chi connectivity index (χ0) is 16.3. The summed E-state index contributed by atoms with van der Waals surface area (Å²) in [7, 11) is 0. The number of halogens is 1. The maximum absolute atomic E-state index is 6.04. The Labute approximate surface area is 153 Å². The van der Waals surface area contributed by atoms with Crippen molar-refractivity contribution in [3.05, 3.63) is 65.7 Å². The van der Waals surface area contributed by atoms with Gasteiger partial charge in [-0.25, -0.2) is 0 Å². The maximum atomic E-state index is 6.04. The summed E-state index contributed by atoms with van der Waals surface area (Å²) in [6.07, 6.45) is 3.16. The van der Waals surface area contributed by atoms with Crippen molar-refractivity contribution in [3.8, 4) is 5.75 Å². The van der Waals surface area contributed by atoms with Crippen molar-refractivity contribution in [2.24, 2.45) is 0 Å². The Hall–Kier alpha value is -1.51. The molecule has 2 rings (SSSR count). The number of hydrogen-bond acceptors (Lipinski definition) is 2. The first-order chi connectivity index (χ1) is 11.3. The van der Waals surface area contributed by atoms with Gasteiger partial charge in [-0.1, -0.05) is 62.4 Å². The van der Waals surface area contributed by atoms with Gasteiger partial charge in [0.2, 0.25) is 0 Å². The molecule has 132 valence electrons. The van der Waals surface area contributed by atoms with Gasteiger partial charge in [0.1, 0.15) is 5.75 Å². The van der Waals surface area contributed by atoms with Gasteiger partial charge in [-0.3, -0.25) is 0 Å². The van der Waals surface area contributed by atoms with Crippen molar-refractivity contribution in [1.29, 1.82) is 0 Å². The number of ether oxygens (including phenoxy) is 1. The van der Waals surface area contributed by atoms with Crippen LogP contribution in [0.5, 0.6) is 5.75 Å². The average molecular weight is 348 g/mol. The molecule has 0 N–H and O–H groups in total. The molecule has 0 heterocycles. The van der Waals surface area contributed by atoms with E-state index in [0.717, 1.165) is 51.3 Å². The Bertz CT molecular complexity index is 555. The van der Waals surface area contributed by atoms with Gasteiger partial charge in [0.15, 0.2) is 0 Å². The smallest absolute Gasteiger partial charge is 0.122 e. The van der Waals surface area contributed by atoms with Crippen LogP contribution in [0.15, 0.2) is 54.6 Å². The van der Waals surface area contributed by atoms with Crippen LogP contribution in [-0.4, -0.2) is 31.1 Å². The van der Waals surface area contributed by atoms with Crippen molar-refractivity contribution < 1.29 is 4.74 Å². The van der Waals surface area contributed by atoms with Crippen LogP contribution in [0.3, 0.4) is 0 Å². The summed E-state index contributed by atoms with van der Waals surface area (Å²) < 4.78 is 6.04. The quantitative estimate of drug-likeness (QED) is 0.560. The number of nitrogens with zero attached hydrogens (tertiary/aromatic N) is 1. The molecule has 2 aromatic rings. The number of benzene rings is 2. The molecule has 0 fully saturated rings. The van der Waals surface area contributed by atoms with Gasteiger partial charge in [-0.05, 0) is 49.5 Å². The molecule has 0 bridgehead atoms. The van der Waals surface area contributed by atoms with E-state index in [9.17, 15) is 0 Å². The molecule has 0 saturated carbocycles. The second-order valence-electron chi connectivity index (χ2n) is 5.82. The van der Waals surface area contributed by atoms with Gasteiger partial charge in [0, 0.05) is 6.54 Å². The van der Waals surface area contributed by atoms with Crippen LogP contribution in [0.4, 0.5) is 0 Å². The fourth-order valence-electron chi connectivity index (χ4n) is 2.78. The SMILES string of the molecule is CCN(CC)CCCOc1ccccc1CCc1ccccc1.Cl. The fraction of sp³-hybridized carbons (Fsp3) is 0.429. The minimum atomic E-state index is 0. The molecule has 0 atom stereocenters. The first kappa shape index (κ1) is 20.5. The number of para-hydroxylation sites is 1. The van der Waals surface area contributed by atoms with Gasteiger partial charge in [-0.2, -0.15) is 0 Å². The number of rotatable bonds is 10. The summed E-state index contributed by atoms with van der Waals surface area (Å²) in [6, 6.07) is 19.1. The summed E-state index contributed by atoms with van der Waals surface area (Å²) >= 11 is 0. The maximum Gasteiger partial charge on any atom is 0.122 e. The van der Waals surface area contributed by atoms with E-state index in [-0.39, 0.29) is 12.4 Å². The predicted octanol–water partition coefficient (Wildman–Crippen LogP) is 5.00. The Morgan fingerprint density at radius 1 is 0.833 bits per heavy atom. The molecule has 0 aromatic heterocycles. The monoisotopic (exact) mass is 347 g/mol. The lowest BCUT2D eigenvalue weighted by Crippen LogP contribution is -2.25. The first-order valence-electron chi connectivity index (χ1n) is 8.80. The van der Waals surface area contributed by atoms with E-state index in [1.807, 2.05) is 0 Å². The van der Waals surface area contributed by atoms with Crippen molar-refractivity contribution >= 4 is 12.4 Å². The highest BCUT2D eigenvalue weighted by Gasteiger charge is 2.04. The van der Waals surface area contributed by atoms with Crippen molar-refractivity contribution in [3.63, 3.8) is 0 Å². The summed E-state index contributed by atoms with van der Waals surface area (Å²) in [5.41, 5.74) is 2.68. The third kappa shape index (κ3) is 6.94. The van der Waals surface area contributed by atoms with E-state index in [0.29, 0.717) is 0 Å². The average Bonchev–Trinajstić information content (AvgIpc) is 2.62. The van der Waals surface area contributed by atoms with E-state index >= 15 is 0 Å². The number of aryl methyl sites for hydroxylation is 2. The van der Waals surface area contributed by atoms with Gasteiger partial charge in [0.25, 0.3) is 0 Å². The molecule has 2 nitrogen and oxygen atoms in total. The van der Waals surface area contributed by atoms with E-state index in [4.69, 9.17) is 4.74 Å². The molecule has 0 saturated heterocycles. The largest absolute Gasteiger partial charge is 0.493 e. The zero-order valence-corrected chi connectivity index (χ0v) is 15.7. The molecule has 0 aliphatic rings. The van der Waals surface area contributed by atoms with E-state index < -0.39 is 0 Å². The molecular formula is C21H30ClNO. The molecule has 2 aromatic carbocycles.